The van der Waals surface area contributed by atoms with E-state index in [-0.39, 0.29) is 18.0 Å². The van der Waals surface area contributed by atoms with Crippen LogP contribution in [0.3, 0.4) is 0 Å². The first-order valence-corrected chi connectivity index (χ1v) is 6.54. The fourth-order valence-electron chi connectivity index (χ4n) is 1.83. The molecule has 110 valence electrons. The smallest absolute Gasteiger partial charge is 0.294 e. The molecule has 0 amide bonds. The number of hydrazine groups is 1. The summed E-state index contributed by atoms with van der Waals surface area (Å²) < 4.78 is 5.54. The topological polar surface area (TPSA) is 90.4 Å². The fourth-order valence-corrected chi connectivity index (χ4v) is 2.02. The number of ether oxygens (including phenoxy) is 1. The molecular weight excluding hydrogens is 294 g/mol. The molecule has 0 heterocycles. The van der Waals surface area contributed by atoms with Gasteiger partial charge in [-0.3, -0.25) is 16.0 Å². The second-order valence-electron chi connectivity index (χ2n) is 4.34. The predicted octanol–water partition coefficient (Wildman–Crippen LogP) is 3.25. The number of nitrogens with two attached hydrogens (primary N) is 1. The lowest BCUT2D eigenvalue weighted by atomic mass is 10.2. The molecule has 2 aromatic carbocycles. The number of nitro groups is 1. The molecule has 0 atom stereocenters. The molecule has 2 aromatic rings. The molecule has 0 saturated heterocycles. The lowest BCUT2D eigenvalue weighted by Crippen LogP contribution is -2.09. The standard InChI is InChI=1S/C14H14ClN3O3/c15-12-4-2-1-3-11(12)9-21-8-10-5-6-13(17-16)14(7-10)18(19)20/h1-7,17H,8-9,16H2. The van der Waals surface area contributed by atoms with Gasteiger partial charge in [0.15, 0.2) is 0 Å². The van der Waals surface area contributed by atoms with Crippen LogP contribution >= 0.6 is 11.6 Å². The summed E-state index contributed by atoms with van der Waals surface area (Å²) in [7, 11) is 0. The molecule has 2 rings (SSSR count). The lowest BCUT2D eigenvalue weighted by Gasteiger charge is -2.07. The van der Waals surface area contributed by atoms with Crippen LogP contribution in [0, 0.1) is 10.1 Å². The third kappa shape index (κ3) is 3.91. The Hall–Kier alpha value is -2.15. The van der Waals surface area contributed by atoms with E-state index in [1.54, 1.807) is 18.2 Å². The Morgan fingerprint density at radius 1 is 1.24 bits per heavy atom. The van der Waals surface area contributed by atoms with E-state index in [4.69, 9.17) is 22.2 Å². The van der Waals surface area contributed by atoms with Gasteiger partial charge >= 0.3 is 0 Å². The number of benzene rings is 2. The van der Waals surface area contributed by atoms with Crippen molar-refractivity contribution in [3.8, 4) is 0 Å². The first kappa shape index (κ1) is 15.2. The molecule has 0 saturated carbocycles. The predicted molar refractivity (Wildman–Crippen MR) is 80.9 cm³/mol. The van der Waals surface area contributed by atoms with Crippen molar-refractivity contribution in [3.63, 3.8) is 0 Å². The highest BCUT2D eigenvalue weighted by atomic mass is 35.5. The number of hydrogen-bond acceptors (Lipinski definition) is 5. The maximum absolute atomic E-state index is 10.9. The van der Waals surface area contributed by atoms with Crippen LogP contribution in [0.5, 0.6) is 0 Å². The van der Waals surface area contributed by atoms with E-state index >= 15 is 0 Å². The zero-order valence-corrected chi connectivity index (χ0v) is 11.8. The van der Waals surface area contributed by atoms with E-state index < -0.39 is 4.92 Å². The summed E-state index contributed by atoms with van der Waals surface area (Å²) in [5, 5.41) is 11.6. The van der Waals surface area contributed by atoms with E-state index in [1.807, 2.05) is 18.2 Å². The Morgan fingerprint density at radius 2 is 2.00 bits per heavy atom. The molecule has 0 aromatic heterocycles. The van der Waals surface area contributed by atoms with Crippen molar-refractivity contribution in [2.24, 2.45) is 5.84 Å². The van der Waals surface area contributed by atoms with Crippen molar-refractivity contribution in [2.45, 2.75) is 13.2 Å². The van der Waals surface area contributed by atoms with Crippen molar-refractivity contribution < 1.29 is 9.66 Å². The average molecular weight is 308 g/mol. The summed E-state index contributed by atoms with van der Waals surface area (Å²) in [6, 6.07) is 12.1. The van der Waals surface area contributed by atoms with Gasteiger partial charge in [0, 0.05) is 11.1 Å². The zero-order chi connectivity index (χ0) is 15.2. The largest absolute Gasteiger partial charge is 0.372 e. The van der Waals surface area contributed by atoms with E-state index in [9.17, 15) is 10.1 Å². The Bertz CT molecular complexity index is 649. The molecule has 0 fully saturated rings. The van der Waals surface area contributed by atoms with Crippen LogP contribution < -0.4 is 11.3 Å². The first-order valence-electron chi connectivity index (χ1n) is 6.17. The zero-order valence-electron chi connectivity index (χ0n) is 11.1. The molecule has 0 bridgehead atoms. The van der Waals surface area contributed by atoms with E-state index in [0.717, 1.165) is 5.56 Å². The van der Waals surface area contributed by atoms with Crippen LogP contribution in [0.1, 0.15) is 11.1 Å². The number of nitro benzene ring substituents is 1. The van der Waals surface area contributed by atoms with Gasteiger partial charge in [0.25, 0.3) is 5.69 Å². The number of halogens is 1. The summed E-state index contributed by atoms with van der Waals surface area (Å²) >= 11 is 6.02. The quantitative estimate of drug-likeness (QED) is 0.485. The molecule has 7 heteroatoms. The van der Waals surface area contributed by atoms with Gasteiger partial charge in [0.05, 0.1) is 18.1 Å². The van der Waals surface area contributed by atoms with Crippen LogP contribution in [-0.4, -0.2) is 4.92 Å². The molecule has 6 nitrogen and oxygen atoms in total. The van der Waals surface area contributed by atoms with Crippen molar-refractivity contribution in [1.82, 2.24) is 0 Å². The van der Waals surface area contributed by atoms with E-state index in [0.29, 0.717) is 17.2 Å². The average Bonchev–Trinajstić information content (AvgIpc) is 2.49. The Balaban J connectivity index is 2.02. The van der Waals surface area contributed by atoms with Crippen LogP contribution in [0.2, 0.25) is 5.02 Å². The number of hydrogen-bond donors (Lipinski definition) is 2. The molecule has 0 aliphatic heterocycles. The van der Waals surface area contributed by atoms with Gasteiger partial charge in [0.2, 0.25) is 0 Å². The van der Waals surface area contributed by atoms with Gasteiger partial charge in [-0.05, 0) is 23.3 Å². The minimum Gasteiger partial charge on any atom is -0.372 e. The molecule has 0 unspecified atom stereocenters. The third-order valence-electron chi connectivity index (χ3n) is 2.90. The van der Waals surface area contributed by atoms with Gasteiger partial charge in [0.1, 0.15) is 5.69 Å². The summed E-state index contributed by atoms with van der Waals surface area (Å²) in [6.07, 6.45) is 0. The maximum Gasteiger partial charge on any atom is 0.294 e. The Morgan fingerprint density at radius 3 is 2.67 bits per heavy atom. The number of nitrogen functional groups attached to an aromatic ring is 1. The molecule has 0 aliphatic rings. The van der Waals surface area contributed by atoms with Gasteiger partial charge in [-0.1, -0.05) is 35.9 Å². The van der Waals surface area contributed by atoms with Crippen LogP contribution in [0.15, 0.2) is 42.5 Å². The number of nitrogens with one attached hydrogen (secondary N) is 1. The van der Waals surface area contributed by atoms with E-state index in [1.165, 1.54) is 6.07 Å². The van der Waals surface area contributed by atoms with Gasteiger partial charge in [-0.2, -0.15) is 0 Å². The van der Waals surface area contributed by atoms with Crippen LogP contribution in [0.4, 0.5) is 11.4 Å². The second-order valence-corrected chi connectivity index (χ2v) is 4.74. The lowest BCUT2D eigenvalue weighted by molar-refractivity contribution is -0.384. The normalized spacial score (nSPS) is 10.4. The van der Waals surface area contributed by atoms with Gasteiger partial charge in [-0.15, -0.1) is 0 Å². The summed E-state index contributed by atoms with van der Waals surface area (Å²) in [5.74, 6) is 5.23. The van der Waals surface area contributed by atoms with Gasteiger partial charge < -0.3 is 10.2 Å². The minimum atomic E-state index is -0.493. The second kappa shape index (κ2) is 7.03. The molecule has 0 spiro atoms. The monoisotopic (exact) mass is 307 g/mol. The highest BCUT2D eigenvalue weighted by molar-refractivity contribution is 6.31. The molecule has 0 aliphatic carbocycles. The molecule has 3 N–H and O–H groups in total. The summed E-state index contributed by atoms with van der Waals surface area (Å²) in [6.45, 7) is 0.585. The Labute approximate surface area is 126 Å². The minimum absolute atomic E-state index is 0.0867. The van der Waals surface area contributed by atoms with Crippen LogP contribution in [0.25, 0.3) is 0 Å². The van der Waals surface area contributed by atoms with Crippen molar-refractivity contribution in [2.75, 3.05) is 5.43 Å². The van der Waals surface area contributed by atoms with Crippen molar-refractivity contribution >= 4 is 23.0 Å². The molecule has 21 heavy (non-hydrogen) atoms. The number of nitrogens with zero attached hydrogens (tertiary/aromatic N) is 1. The number of anilines is 1. The Kier molecular flexibility index (Phi) is 5.10. The van der Waals surface area contributed by atoms with Gasteiger partial charge in [-0.25, -0.2) is 0 Å². The highest BCUT2D eigenvalue weighted by Crippen LogP contribution is 2.25. The van der Waals surface area contributed by atoms with Crippen molar-refractivity contribution in [3.05, 3.63) is 68.7 Å². The van der Waals surface area contributed by atoms with E-state index in [2.05, 4.69) is 5.43 Å². The summed E-state index contributed by atoms with van der Waals surface area (Å²) in [5.41, 5.74) is 4.02. The molecular formula is C14H14ClN3O3. The third-order valence-corrected chi connectivity index (χ3v) is 3.27. The SMILES string of the molecule is NNc1ccc(COCc2ccccc2Cl)cc1[N+](=O)[O-]. The highest BCUT2D eigenvalue weighted by Gasteiger charge is 2.13. The molecule has 0 radical (unpaired) electrons. The van der Waals surface area contributed by atoms with Crippen LogP contribution in [-0.2, 0) is 18.0 Å². The maximum atomic E-state index is 10.9. The summed E-state index contributed by atoms with van der Waals surface area (Å²) in [4.78, 5) is 10.4. The fraction of sp³-hybridized carbons (Fsp3) is 0.143. The number of rotatable bonds is 6. The van der Waals surface area contributed by atoms with Crippen molar-refractivity contribution in [1.29, 1.82) is 0 Å². The first-order chi connectivity index (χ1) is 10.1.